The summed E-state index contributed by atoms with van der Waals surface area (Å²) in [4.78, 5) is 59.7. The van der Waals surface area contributed by atoms with Gasteiger partial charge in [0.2, 0.25) is 0 Å². The SMILES string of the molecule is C=S(N)(=O)c1ccc(CCNc2ncnc3c2c(-c2ccccc2)cn3-c2ccc(Br)cc2)cc1.CCCN1C(=O)c2cccc3c(Nc4ccc(Br)c(C)c4C)c([N+](=O)[O-])cc(c23)C1=O.Cc1ccc2[nH]c3c(c2c1)CCCC3NC1C2CC3CC(C2)CC1C3.Cc1cccc(CS(=O)(=O)c2ccc3[nH]c4c(c3c2)CCCCCC4)c1.Cc1cccc2c3c([nH]c12)C(N)CCC3. The average Bonchev–Trinajstić information content (AvgIpc) is 1.36. The van der Waals surface area contributed by atoms with Crippen molar-refractivity contribution in [3.63, 3.8) is 0 Å². The zero-order chi connectivity index (χ0) is 92.0. The lowest BCUT2D eigenvalue weighted by molar-refractivity contribution is -0.383. The van der Waals surface area contributed by atoms with Crippen molar-refractivity contribution in [3.8, 4) is 16.8 Å². The van der Waals surface area contributed by atoms with E-state index in [0.29, 0.717) is 50.8 Å². The summed E-state index contributed by atoms with van der Waals surface area (Å²) in [5.41, 5.74) is 31.3. The van der Waals surface area contributed by atoms with E-state index in [1.54, 1.807) is 54.7 Å². The van der Waals surface area contributed by atoms with E-state index in [0.717, 1.165) is 142 Å². The first kappa shape index (κ1) is 91.2. The van der Waals surface area contributed by atoms with E-state index in [2.05, 4.69) is 164 Å². The van der Waals surface area contributed by atoms with Crippen LogP contribution < -0.4 is 26.8 Å². The van der Waals surface area contributed by atoms with Crippen molar-refractivity contribution in [2.45, 2.75) is 197 Å². The van der Waals surface area contributed by atoms with Gasteiger partial charge in [-0.2, -0.15) is 0 Å². The van der Waals surface area contributed by atoms with Crippen molar-refractivity contribution in [3.05, 3.63) is 310 Å². The number of anilines is 3. The smallest absolute Gasteiger partial charge is 0.294 e. The zero-order valence-electron chi connectivity index (χ0n) is 75.8. The molecule has 3 atom stereocenters. The normalized spacial score (nSPS) is 19.3. The van der Waals surface area contributed by atoms with Crippen LogP contribution in [0.1, 0.15) is 202 Å². The van der Waals surface area contributed by atoms with Crippen molar-refractivity contribution < 1.29 is 27.1 Å². The molecule has 0 spiro atoms. The monoisotopic (exact) mass is 1930 g/mol. The van der Waals surface area contributed by atoms with E-state index in [1.807, 2.05) is 119 Å². The molecule has 4 bridgehead atoms. The molecule has 0 saturated heterocycles. The van der Waals surface area contributed by atoms with E-state index in [9.17, 15) is 32.3 Å². The van der Waals surface area contributed by atoms with Crippen LogP contribution in [-0.4, -0.2) is 88.8 Å². The third kappa shape index (κ3) is 18.9. The Bertz CT molecular complexity index is 7140. The molecular weight excluding hydrogens is 1820 g/mol. The molecule has 24 heteroatoms. The lowest BCUT2D eigenvalue weighted by atomic mass is 9.54. The van der Waals surface area contributed by atoms with Gasteiger partial charge >= 0.3 is 0 Å². The van der Waals surface area contributed by atoms with Crippen LogP contribution in [0.5, 0.6) is 0 Å². The molecule has 1 aliphatic heterocycles. The molecule has 5 aromatic heterocycles. The van der Waals surface area contributed by atoms with Gasteiger partial charge in [0, 0.05) is 140 Å². The number of nitrogens with one attached hydrogen (secondary N) is 6. The summed E-state index contributed by atoms with van der Waals surface area (Å²) in [6.45, 7) is 13.0. The van der Waals surface area contributed by atoms with Gasteiger partial charge in [0.05, 0.1) is 36.2 Å². The highest BCUT2D eigenvalue weighted by molar-refractivity contribution is 9.10. The number of sulfone groups is 1. The van der Waals surface area contributed by atoms with Crippen LogP contribution in [0.2, 0.25) is 0 Å². The highest BCUT2D eigenvalue weighted by Gasteiger charge is 2.49. The number of benzene rings is 10. The van der Waals surface area contributed by atoms with E-state index in [-0.39, 0.29) is 41.2 Å². The first-order chi connectivity index (χ1) is 63.7. The largest absolute Gasteiger partial charge is 0.369 e. The fourth-order valence-corrected chi connectivity index (χ4v) is 24.5. The van der Waals surface area contributed by atoms with E-state index in [4.69, 9.17) is 10.9 Å². The molecule has 8 aliphatic rings. The lowest BCUT2D eigenvalue weighted by Gasteiger charge is -2.55. The number of carbonyl (C=O) groups excluding carboxylic acids is 2. The van der Waals surface area contributed by atoms with Gasteiger partial charge in [-0.15, -0.1) is 0 Å². The number of imide groups is 1. The van der Waals surface area contributed by atoms with Crippen LogP contribution in [-0.2, 0) is 57.4 Å². The van der Waals surface area contributed by atoms with E-state index in [1.165, 1.54) is 151 Å². The maximum Gasteiger partial charge on any atom is 0.294 e. The van der Waals surface area contributed by atoms with Gasteiger partial charge in [-0.1, -0.05) is 166 Å². The summed E-state index contributed by atoms with van der Waals surface area (Å²) < 4.78 is 41.9. The number of nitro benzene ring substituents is 1. The Balaban J connectivity index is 0.000000113. The summed E-state index contributed by atoms with van der Waals surface area (Å²) in [7, 11) is -6.06. The van der Waals surface area contributed by atoms with Crippen LogP contribution in [0, 0.1) is 68.4 Å². The first-order valence-electron chi connectivity index (χ1n) is 46.6. The number of hydrogen-bond acceptors (Lipinski definition) is 13. The molecule has 23 rings (SSSR count). The highest BCUT2D eigenvalue weighted by Crippen LogP contribution is 2.55. The summed E-state index contributed by atoms with van der Waals surface area (Å²) in [6, 6.07) is 64.1. The molecule has 4 saturated carbocycles. The predicted molar refractivity (Wildman–Crippen MR) is 543 cm³/mol. The number of para-hydroxylation sites is 1. The van der Waals surface area contributed by atoms with E-state index >= 15 is 0 Å². The Morgan fingerprint density at radius 3 is 2.00 bits per heavy atom. The molecule has 4 fully saturated rings. The minimum atomic E-state index is -3.36. The molecule has 0 radical (unpaired) electrons. The van der Waals surface area contributed by atoms with Crippen LogP contribution in [0.3, 0.4) is 0 Å². The quantitative estimate of drug-likeness (QED) is 0.0182. The summed E-state index contributed by atoms with van der Waals surface area (Å²) in [6.07, 6.45) is 27.1. The Labute approximate surface area is 789 Å². The maximum absolute atomic E-state index is 13.0. The van der Waals surface area contributed by atoms with Gasteiger partial charge in [-0.05, 0) is 308 Å². The molecule has 20 nitrogen and oxygen atoms in total. The van der Waals surface area contributed by atoms with Gasteiger partial charge in [-0.3, -0.25) is 29.7 Å². The average molecular weight is 1930 g/mol. The number of carbonyl (C=O) groups is 2. The number of aromatic amines is 3. The second-order valence-corrected chi connectivity index (χ2v) is 43.0. The van der Waals surface area contributed by atoms with Crippen LogP contribution >= 0.6 is 31.9 Å². The number of nitrogens with two attached hydrogens (primary N) is 2. The lowest BCUT2D eigenvalue weighted by Crippen LogP contribution is -2.55. The van der Waals surface area contributed by atoms with Crippen molar-refractivity contribution >= 4 is 146 Å². The number of nitrogens with zero attached hydrogens (tertiary/aromatic N) is 5. The number of halogens is 2. The van der Waals surface area contributed by atoms with Crippen molar-refractivity contribution in [2.75, 3.05) is 23.7 Å². The van der Waals surface area contributed by atoms with Crippen molar-refractivity contribution in [1.82, 2.24) is 39.7 Å². The first-order valence-corrected chi connectivity index (χ1v) is 51.7. The molecule has 10 aromatic carbocycles. The van der Waals surface area contributed by atoms with Crippen LogP contribution in [0.15, 0.2) is 225 Å². The second kappa shape index (κ2) is 38.7. The number of amides is 2. The molecule has 10 N–H and O–H groups in total. The summed E-state index contributed by atoms with van der Waals surface area (Å²) in [5, 5.41) is 34.3. The maximum atomic E-state index is 13.0. The third-order valence-electron chi connectivity index (χ3n) is 28.4. The molecule has 680 valence electrons. The van der Waals surface area contributed by atoms with Gasteiger partial charge in [0.1, 0.15) is 17.8 Å². The molecular formula is C108H115Br2N13O7S2. The molecule has 6 heterocycles. The third-order valence-corrected chi connectivity index (χ3v) is 32.5. The Hall–Kier alpha value is -11.4. The van der Waals surface area contributed by atoms with Crippen LogP contribution in [0.25, 0.3) is 71.3 Å². The van der Waals surface area contributed by atoms with Gasteiger partial charge < -0.3 is 41.2 Å². The number of hydrogen-bond donors (Lipinski definition) is 8. The molecule has 132 heavy (non-hydrogen) atoms. The number of rotatable bonds is 17. The van der Waals surface area contributed by atoms with Gasteiger partial charge in [-0.25, -0.2) is 22.6 Å². The summed E-state index contributed by atoms with van der Waals surface area (Å²) in [5.74, 6) is 7.56. The molecule has 15 aromatic rings. The number of fused-ring (bicyclic) bond motifs is 10. The minimum absolute atomic E-state index is 0.0484. The minimum Gasteiger partial charge on any atom is -0.369 e. The van der Waals surface area contributed by atoms with E-state index < -0.39 is 30.4 Å². The Morgan fingerprint density at radius 1 is 0.598 bits per heavy atom. The van der Waals surface area contributed by atoms with Crippen molar-refractivity contribution in [2.24, 2.45) is 34.5 Å². The Morgan fingerprint density at radius 2 is 1.27 bits per heavy atom. The second-order valence-electron chi connectivity index (χ2n) is 37.4. The number of H-pyrrole nitrogens is 3. The van der Waals surface area contributed by atoms with Crippen LogP contribution in [0.4, 0.5) is 22.9 Å². The number of aromatic nitrogens is 6. The standard InChI is InChI=1S/C27H24BrN5OS.C23H20BrN3O4.C23H30N2.C22H25NO2S.C13H16N2/c1-35(29,34)23-13-7-19(8-14-23)15-16-30-26-25-24(20-5-3-2-4-6-20)17-33(27(25)32-18-31-26)22-11-9-21(28)10-12-22;1-4-10-26-22(28)15-7-5-6-14-20(15)16(23(26)29)11-19(27(30)31)21(14)25-18-9-8-17(24)12(2)13(18)3;1-13-5-6-20-19(7-13)18-3-2-4-21(23(18)24-20)25-22-16-9-14-8-15(11-16)12-17(22)10-14;1-16-7-6-8-17(13-16)15-26(24,25)18-11-12-22-20(14-18)19-9-4-2-3-5-10-21(19)23-22;1-8-4-2-5-9-10-6-3-7-11(14)13(10)15-12(8)9/h2-14,17-18H,1,15-16H2,(H2,29,34)(H,30,31,32);5-9,11,25H,4,10H2,1-3H3;5-7,14-17,21-22,24-25H,2-4,8-12H2,1H3;6-8,11-14,23H,2-5,9-10,15H2,1H3;2,4-5,11,15H,3,6-7,14H2,1H3. The fraction of sp³-hybridized carbons (Fsp3) is 0.324. The number of nitro groups is 1. The topological polar surface area (TPSA) is 298 Å². The van der Waals surface area contributed by atoms with Crippen molar-refractivity contribution in [1.29, 1.82) is 0 Å². The molecule has 2 amide bonds. The van der Waals surface area contributed by atoms with Gasteiger partial charge in [0.25, 0.3) is 17.5 Å². The summed E-state index contributed by atoms with van der Waals surface area (Å²) >= 11 is 7.01. The highest BCUT2D eigenvalue weighted by atomic mass is 79.9. The Kier molecular flexibility index (Phi) is 26.7. The molecule has 3 unspecified atom stereocenters. The zero-order valence-corrected chi connectivity index (χ0v) is 80.6. The predicted octanol–water partition coefficient (Wildman–Crippen LogP) is 24.5. The number of aryl methyl sites for hydroxylation is 7. The fourth-order valence-electron chi connectivity index (χ4n) is 21.9. The molecule has 7 aliphatic carbocycles. The van der Waals surface area contributed by atoms with Gasteiger partial charge in [0.15, 0.2) is 15.5 Å².